The van der Waals surface area contributed by atoms with Gasteiger partial charge in [0.2, 0.25) is 0 Å². The Morgan fingerprint density at radius 3 is 2.67 bits per heavy atom. The van der Waals surface area contributed by atoms with Crippen LogP contribution in [0.2, 0.25) is 0 Å². The van der Waals surface area contributed by atoms with Gasteiger partial charge in [-0.15, -0.1) is 0 Å². The maximum absolute atomic E-state index is 13.1. The molecule has 1 fully saturated rings. The highest BCUT2D eigenvalue weighted by Crippen LogP contribution is 2.34. The van der Waals surface area contributed by atoms with Crippen molar-refractivity contribution in [3.63, 3.8) is 0 Å². The van der Waals surface area contributed by atoms with E-state index in [-0.39, 0.29) is 12.0 Å². The zero-order valence-electron chi connectivity index (χ0n) is 17.0. The Labute approximate surface area is 175 Å². The first-order chi connectivity index (χ1) is 14.6. The van der Waals surface area contributed by atoms with Crippen LogP contribution in [0.15, 0.2) is 54.7 Å². The molecule has 5 rings (SSSR count). The molecule has 0 bridgehead atoms. The highest BCUT2D eigenvalue weighted by molar-refractivity contribution is 6.01. The van der Waals surface area contributed by atoms with E-state index < -0.39 is 6.10 Å². The van der Waals surface area contributed by atoms with Gasteiger partial charge in [-0.25, -0.2) is 4.68 Å². The molecule has 1 aliphatic carbocycles. The molecule has 2 atom stereocenters. The summed E-state index contributed by atoms with van der Waals surface area (Å²) in [7, 11) is 0. The first-order valence-electron chi connectivity index (χ1n) is 10.5. The van der Waals surface area contributed by atoms with Crippen LogP contribution < -0.4 is 4.74 Å². The minimum atomic E-state index is -0.453. The van der Waals surface area contributed by atoms with Crippen molar-refractivity contribution in [2.45, 2.75) is 51.5 Å². The highest BCUT2D eigenvalue weighted by atomic mass is 16.5. The molecule has 30 heavy (non-hydrogen) atoms. The minimum absolute atomic E-state index is 0.0140. The number of aromatic nitrogens is 2. The predicted molar refractivity (Wildman–Crippen MR) is 113 cm³/mol. The summed E-state index contributed by atoms with van der Waals surface area (Å²) < 4.78 is 7.90. The Kier molecular flexibility index (Phi) is 4.79. The molecule has 1 saturated carbocycles. The van der Waals surface area contributed by atoms with Crippen molar-refractivity contribution in [2.75, 3.05) is 0 Å². The van der Waals surface area contributed by atoms with E-state index in [4.69, 9.17) is 4.74 Å². The molecule has 0 saturated heterocycles. The van der Waals surface area contributed by atoms with Crippen LogP contribution in [0.4, 0.5) is 0 Å². The molecule has 1 aliphatic heterocycles. The Balaban J connectivity index is 1.31. The largest absolute Gasteiger partial charge is 0.487 e. The smallest absolute Gasteiger partial charge is 0.258 e. The molecular weight excluding hydrogens is 378 g/mol. The molecule has 1 amide bonds. The SMILES string of the molecule is Cc1ccn(-c2ccc(CN3Cc4cccc(OC5CCCC5O)c4C3=O)cc2)n1. The molecule has 2 unspecified atom stereocenters. The zero-order valence-corrected chi connectivity index (χ0v) is 17.0. The molecule has 154 valence electrons. The number of amides is 1. The fourth-order valence-electron chi connectivity index (χ4n) is 4.35. The summed E-state index contributed by atoms with van der Waals surface area (Å²) in [4.78, 5) is 15.0. The lowest BCUT2D eigenvalue weighted by molar-refractivity contribution is 0.0582. The van der Waals surface area contributed by atoms with E-state index in [9.17, 15) is 9.90 Å². The number of carbonyl (C=O) groups is 1. The standard InChI is InChI=1S/C24H25N3O3/c1-16-12-13-27(25-16)19-10-8-17(9-11-19)14-26-15-18-4-2-7-22(23(18)24(26)29)30-21-6-3-5-20(21)28/h2,4,7-13,20-21,28H,3,5-6,14-15H2,1H3. The summed E-state index contributed by atoms with van der Waals surface area (Å²) >= 11 is 0. The van der Waals surface area contributed by atoms with Gasteiger partial charge in [0.15, 0.2) is 0 Å². The summed E-state index contributed by atoms with van der Waals surface area (Å²) in [5.41, 5.74) is 4.66. The number of fused-ring (bicyclic) bond motifs is 1. The third-order valence-corrected chi connectivity index (χ3v) is 5.97. The summed E-state index contributed by atoms with van der Waals surface area (Å²) in [6.45, 7) is 3.07. The molecule has 0 radical (unpaired) electrons. The van der Waals surface area contributed by atoms with Gasteiger partial charge in [0.1, 0.15) is 11.9 Å². The van der Waals surface area contributed by atoms with E-state index >= 15 is 0 Å². The van der Waals surface area contributed by atoms with Crippen LogP contribution in [0.1, 0.15) is 46.4 Å². The average molecular weight is 403 g/mol. The van der Waals surface area contributed by atoms with Gasteiger partial charge in [-0.1, -0.05) is 24.3 Å². The predicted octanol–water partition coefficient (Wildman–Crippen LogP) is 3.63. The van der Waals surface area contributed by atoms with Gasteiger partial charge in [0, 0.05) is 19.3 Å². The molecule has 3 aromatic rings. The minimum Gasteiger partial charge on any atom is -0.487 e. The number of rotatable bonds is 5. The van der Waals surface area contributed by atoms with Crippen LogP contribution in [0.5, 0.6) is 5.75 Å². The van der Waals surface area contributed by atoms with Gasteiger partial charge in [-0.2, -0.15) is 5.10 Å². The number of nitrogens with zero attached hydrogens (tertiary/aromatic N) is 3. The van der Waals surface area contributed by atoms with Crippen molar-refractivity contribution < 1.29 is 14.6 Å². The van der Waals surface area contributed by atoms with Crippen LogP contribution in [-0.2, 0) is 13.1 Å². The number of hydrogen-bond donors (Lipinski definition) is 1. The number of ether oxygens (including phenoxy) is 1. The second kappa shape index (κ2) is 7.61. The van der Waals surface area contributed by atoms with Crippen molar-refractivity contribution in [3.8, 4) is 11.4 Å². The van der Waals surface area contributed by atoms with Crippen molar-refractivity contribution in [1.29, 1.82) is 0 Å². The number of aryl methyl sites for hydroxylation is 1. The molecule has 6 nitrogen and oxygen atoms in total. The topological polar surface area (TPSA) is 67.6 Å². The molecule has 2 heterocycles. The van der Waals surface area contributed by atoms with E-state index in [1.54, 1.807) is 0 Å². The third kappa shape index (κ3) is 3.48. The molecule has 1 aromatic heterocycles. The first kappa shape index (κ1) is 18.9. The Morgan fingerprint density at radius 2 is 1.97 bits per heavy atom. The van der Waals surface area contributed by atoms with E-state index in [1.165, 1.54) is 0 Å². The van der Waals surface area contributed by atoms with Crippen LogP contribution in [-0.4, -0.2) is 37.9 Å². The zero-order chi connectivity index (χ0) is 20.7. The molecule has 0 spiro atoms. The van der Waals surface area contributed by atoms with Gasteiger partial charge in [0.05, 0.1) is 23.0 Å². The van der Waals surface area contributed by atoms with Gasteiger partial charge < -0.3 is 14.7 Å². The van der Waals surface area contributed by atoms with E-state index in [2.05, 4.69) is 5.10 Å². The first-order valence-corrected chi connectivity index (χ1v) is 10.5. The van der Waals surface area contributed by atoms with Crippen molar-refractivity contribution in [1.82, 2.24) is 14.7 Å². The number of benzene rings is 2. The second-order valence-corrected chi connectivity index (χ2v) is 8.17. The van der Waals surface area contributed by atoms with E-state index in [1.807, 2.05) is 71.2 Å². The lowest BCUT2D eigenvalue weighted by Gasteiger charge is -2.19. The molecule has 6 heteroatoms. The van der Waals surface area contributed by atoms with Crippen LogP contribution in [0.3, 0.4) is 0 Å². The Hall–Kier alpha value is -3.12. The van der Waals surface area contributed by atoms with E-state index in [0.29, 0.717) is 24.4 Å². The lowest BCUT2D eigenvalue weighted by Crippen LogP contribution is -2.27. The van der Waals surface area contributed by atoms with Crippen molar-refractivity contribution >= 4 is 5.91 Å². The summed E-state index contributed by atoms with van der Waals surface area (Å²) in [5.74, 6) is 0.579. The summed E-state index contributed by atoms with van der Waals surface area (Å²) in [6, 6.07) is 15.8. The molecule has 2 aromatic carbocycles. The highest BCUT2D eigenvalue weighted by Gasteiger charge is 2.33. The summed E-state index contributed by atoms with van der Waals surface area (Å²) in [6.07, 6.45) is 3.80. The fraction of sp³-hybridized carbons (Fsp3) is 0.333. The molecule has 1 N–H and O–H groups in total. The van der Waals surface area contributed by atoms with Gasteiger partial charge in [-0.3, -0.25) is 4.79 Å². The van der Waals surface area contributed by atoms with Gasteiger partial charge in [0.25, 0.3) is 5.91 Å². The van der Waals surface area contributed by atoms with E-state index in [0.717, 1.165) is 41.8 Å². The van der Waals surface area contributed by atoms with Gasteiger partial charge in [-0.05, 0) is 61.6 Å². The monoisotopic (exact) mass is 403 g/mol. The van der Waals surface area contributed by atoms with Crippen LogP contribution in [0.25, 0.3) is 5.69 Å². The normalized spacial score (nSPS) is 20.6. The number of aliphatic hydroxyl groups is 1. The quantitative estimate of drug-likeness (QED) is 0.706. The van der Waals surface area contributed by atoms with Crippen LogP contribution in [0, 0.1) is 6.92 Å². The third-order valence-electron chi connectivity index (χ3n) is 5.97. The molecular formula is C24H25N3O3. The fourth-order valence-corrected chi connectivity index (χ4v) is 4.35. The average Bonchev–Trinajstić information content (AvgIpc) is 3.44. The van der Waals surface area contributed by atoms with Gasteiger partial charge >= 0.3 is 0 Å². The Morgan fingerprint density at radius 1 is 1.13 bits per heavy atom. The summed E-state index contributed by atoms with van der Waals surface area (Å²) in [5, 5.41) is 14.5. The van der Waals surface area contributed by atoms with Crippen molar-refractivity contribution in [2.24, 2.45) is 0 Å². The van der Waals surface area contributed by atoms with Crippen molar-refractivity contribution in [3.05, 3.63) is 77.1 Å². The molecule has 2 aliphatic rings. The number of carbonyl (C=O) groups excluding carboxylic acids is 1. The maximum atomic E-state index is 13.1. The number of aliphatic hydroxyl groups excluding tert-OH is 1. The second-order valence-electron chi connectivity index (χ2n) is 8.17. The lowest BCUT2D eigenvalue weighted by atomic mass is 10.1. The van der Waals surface area contributed by atoms with Crippen LogP contribution >= 0.6 is 0 Å². The Bertz CT molecular complexity index is 1070. The number of hydrogen-bond acceptors (Lipinski definition) is 4. The maximum Gasteiger partial charge on any atom is 0.258 e.